The van der Waals surface area contributed by atoms with Crippen molar-refractivity contribution in [3.63, 3.8) is 0 Å². The van der Waals surface area contributed by atoms with Gasteiger partial charge in [-0.1, -0.05) is 30.3 Å². The molecule has 138 valence electrons. The molecule has 1 atom stereocenters. The van der Waals surface area contributed by atoms with Crippen LogP contribution in [0.25, 0.3) is 0 Å². The number of likely N-dealkylation sites (tertiary alicyclic amines) is 1. The van der Waals surface area contributed by atoms with Crippen LogP contribution in [-0.2, 0) is 6.54 Å². The number of benzene rings is 2. The maximum atomic E-state index is 13.1. The van der Waals surface area contributed by atoms with Gasteiger partial charge in [-0.2, -0.15) is 0 Å². The van der Waals surface area contributed by atoms with E-state index in [-0.39, 0.29) is 17.7 Å². The van der Waals surface area contributed by atoms with E-state index in [9.17, 15) is 9.90 Å². The number of carbonyl (C=O) groups excluding carboxylic acids is 1. The van der Waals surface area contributed by atoms with Gasteiger partial charge in [-0.05, 0) is 69.1 Å². The molecule has 4 nitrogen and oxygen atoms in total. The molecule has 0 aromatic heterocycles. The Balaban J connectivity index is 1.83. The summed E-state index contributed by atoms with van der Waals surface area (Å²) in [4.78, 5) is 17.2. The van der Waals surface area contributed by atoms with Gasteiger partial charge in [0.1, 0.15) is 5.75 Å². The highest BCUT2D eigenvalue weighted by Crippen LogP contribution is 2.33. The minimum Gasteiger partial charge on any atom is -0.508 e. The number of phenols is 1. The Labute approximate surface area is 156 Å². The molecule has 1 heterocycles. The molecular weight excluding hydrogens is 324 g/mol. The first-order valence-electron chi connectivity index (χ1n) is 9.30. The zero-order valence-corrected chi connectivity index (χ0v) is 15.9. The molecule has 0 saturated carbocycles. The second-order valence-electron chi connectivity index (χ2n) is 7.49. The summed E-state index contributed by atoms with van der Waals surface area (Å²) in [5, 5.41) is 9.96. The van der Waals surface area contributed by atoms with Gasteiger partial charge in [0, 0.05) is 18.7 Å². The monoisotopic (exact) mass is 352 g/mol. The largest absolute Gasteiger partial charge is 0.508 e. The van der Waals surface area contributed by atoms with E-state index >= 15 is 0 Å². The molecule has 1 N–H and O–H groups in total. The summed E-state index contributed by atoms with van der Waals surface area (Å²) < 4.78 is 0. The van der Waals surface area contributed by atoms with Gasteiger partial charge in [0.05, 0.1) is 6.04 Å². The molecule has 1 fully saturated rings. The van der Waals surface area contributed by atoms with Crippen molar-refractivity contribution in [1.82, 2.24) is 9.80 Å². The summed E-state index contributed by atoms with van der Waals surface area (Å²) in [6, 6.07) is 13.9. The lowest BCUT2D eigenvalue weighted by Crippen LogP contribution is -2.38. The number of phenolic OH excluding ortho intramolecular Hbond substituents is 1. The average molecular weight is 352 g/mol. The van der Waals surface area contributed by atoms with Gasteiger partial charge < -0.3 is 14.9 Å². The number of nitrogens with zero attached hydrogens (tertiary/aromatic N) is 2. The number of piperidine rings is 1. The third kappa shape index (κ3) is 4.07. The van der Waals surface area contributed by atoms with Crippen molar-refractivity contribution in [3.8, 4) is 5.75 Å². The molecule has 0 aliphatic carbocycles. The number of rotatable bonds is 4. The van der Waals surface area contributed by atoms with Gasteiger partial charge >= 0.3 is 0 Å². The second kappa shape index (κ2) is 7.92. The van der Waals surface area contributed by atoms with Crippen molar-refractivity contribution in [2.75, 3.05) is 20.6 Å². The van der Waals surface area contributed by atoms with Crippen LogP contribution in [0.15, 0.2) is 42.5 Å². The number of aromatic hydroxyl groups is 1. The highest BCUT2D eigenvalue weighted by atomic mass is 16.3. The van der Waals surface area contributed by atoms with Crippen molar-refractivity contribution in [3.05, 3.63) is 64.7 Å². The van der Waals surface area contributed by atoms with Crippen LogP contribution >= 0.6 is 0 Å². The van der Waals surface area contributed by atoms with Gasteiger partial charge in [0.15, 0.2) is 0 Å². The third-order valence-electron chi connectivity index (χ3n) is 5.08. The number of hydrogen-bond donors (Lipinski definition) is 1. The summed E-state index contributed by atoms with van der Waals surface area (Å²) >= 11 is 0. The van der Waals surface area contributed by atoms with Crippen LogP contribution in [0.5, 0.6) is 5.75 Å². The number of amides is 1. The molecule has 2 aromatic rings. The molecule has 1 amide bonds. The molecule has 3 rings (SSSR count). The van der Waals surface area contributed by atoms with Crippen molar-refractivity contribution < 1.29 is 9.90 Å². The van der Waals surface area contributed by atoms with Crippen LogP contribution in [0.3, 0.4) is 0 Å². The number of carbonyl (C=O) groups is 1. The normalized spacial score (nSPS) is 17.5. The quantitative estimate of drug-likeness (QED) is 0.900. The first kappa shape index (κ1) is 18.5. The summed E-state index contributed by atoms with van der Waals surface area (Å²) in [6.45, 7) is 3.51. The van der Waals surface area contributed by atoms with Gasteiger partial charge in [-0.15, -0.1) is 0 Å². The van der Waals surface area contributed by atoms with E-state index in [0.29, 0.717) is 5.56 Å². The van der Waals surface area contributed by atoms with Gasteiger partial charge in [0.2, 0.25) is 0 Å². The topological polar surface area (TPSA) is 43.8 Å². The lowest BCUT2D eigenvalue weighted by atomic mass is 9.93. The van der Waals surface area contributed by atoms with E-state index in [4.69, 9.17) is 0 Å². The van der Waals surface area contributed by atoms with E-state index in [1.54, 1.807) is 12.1 Å². The van der Waals surface area contributed by atoms with Crippen LogP contribution in [0, 0.1) is 6.92 Å². The molecule has 0 unspecified atom stereocenters. The Kier molecular flexibility index (Phi) is 5.62. The fraction of sp³-hybridized carbons (Fsp3) is 0.409. The molecule has 0 radical (unpaired) electrons. The molecule has 2 aromatic carbocycles. The van der Waals surface area contributed by atoms with Crippen LogP contribution in [-0.4, -0.2) is 41.5 Å². The molecule has 1 aliphatic rings. The van der Waals surface area contributed by atoms with E-state index in [1.165, 1.54) is 11.1 Å². The van der Waals surface area contributed by atoms with Crippen LogP contribution in [0.2, 0.25) is 0 Å². The average Bonchev–Trinajstić information content (AvgIpc) is 2.63. The Morgan fingerprint density at radius 3 is 2.54 bits per heavy atom. The summed E-state index contributed by atoms with van der Waals surface area (Å²) in [6.07, 6.45) is 3.14. The standard InChI is InChI=1S/C22H28N2O2/c1-16-7-10-19(14-21(16)25)22(26)24-13-5-4-6-20(24)18-11-8-17(9-12-18)15-23(2)3/h7-12,14,20,25H,4-6,13,15H2,1-3H3/t20-/m0/s1. The number of hydrogen-bond acceptors (Lipinski definition) is 3. The second-order valence-corrected chi connectivity index (χ2v) is 7.49. The van der Waals surface area contributed by atoms with Gasteiger partial charge in [0.25, 0.3) is 5.91 Å². The van der Waals surface area contributed by atoms with Gasteiger partial charge in [-0.3, -0.25) is 4.79 Å². The van der Waals surface area contributed by atoms with Crippen molar-refractivity contribution in [1.29, 1.82) is 0 Å². The van der Waals surface area contributed by atoms with E-state index in [0.717, 1.165) is 37.9 Å². The lowest BCUT2D eigenvalue weighted by molar-refractivity contribution is 0.0611. The lowest BCUT2D eigenvalue weighted by Gasteiger charge is -2.36. The molecule has 26 heavy (non-hydrogen) atoms. The van der Waals surface area contributed by atoms with E-state index in [2.05, 4.69) is 43.3 Å². The smallest absolute Gasteiger partial charge is 0.254 e. The minimum atomic E-state index is 0.00219. The van der Waals surface area contributed by atoms with Crippen molar-refractivity contribution in [2.45, 2.75) is 38.8 Å². The summed E-state index contributed by atoms with van der Waals surface area (Å²) in [5.74, 6) is 0.180. The molecule has 0 bridgehead atoms. The van der Waals surface area contributed by atoms with Crippen LogP contribution < -0.4 is 0 Å². The maximum Gasteiger partial charge on any atom is 0.254 e. The fourth-order valence-electron chi connectivity index (χ4n) is 3.64. The fourth-order valence-corrected chi connectivity index (χ4v) is 3.64. The highest BCUT2D eigenvalue weighted by Gasteiger charge is 2.28. The summed E-state index contributed by atoms with van der Waals surface area (Å²) in [5.41, 5.74) is 3.81. The Hall–Kier alpha value is -2.33. The SMILES string of the molecule is Cc1ccc(C(=O)N2CCCC[C@H]2c2ccc(CN(C)C)cc2)cc1O. The highest BCUT2D eigenvalue weighted by molar-refractivity contribution is 5.95. The minimum absolute atomic E-state index is 0.00219. The molecular formula is C22H28N2O2. The predicted molar refractivity (Wildman–Crippen MR) is 104 cm³/mol. The zero-order chi connectivity index (χ0) is 18.7. The number of aryl methyl sites for hydroxylation is 1. The molecule has 4 heteroatoms. The third-order valence-corrected chi connectivity index (χ3v) is 5.08. The Morgan fingerprint density at radius 2 is 1.88 bits per heavy atom. The van der Waals surface area contributed by atoms with E-state index < -0.39 is 0 Å². The van der Waals surface area contributed by atoms with Crippen molar-refractivity contribution in [2.24, 2.45) is 0 Å². The van der Waals surface area contributed by atoms with Crippen molar-refractivity contribution >= 4 is 5.91 Å². The predicted octanol–water partition coefficient (Wildman–Crippen LogP) is 4.13. The first-order valence-corrected chi connectivity index (χ1v) is 9.30. The van der Waals surface area contributed by atoms with Crippen LogP contribution in [0.4, 0.5) is 0 Å². The van der Waals surface area contributed by atoms with Gasteiger partial charge in [-0.25, -0.2) is 0 Å². The van der Waals surface area contributed by atoms with E-state index in [1.807, 2.05) is 17.9 Å². The Bertz CT molecular complexity index is 768. The Morgan fingerprint density at radius 1 is 1.15 bits per heavy atom. The summed E-state index contributed by atoms with van der Waals surface area (Å²) in [7, 11) is 4.12. The first-order chi connectivity index (χ1) is 12.5. The van der Waals surface area contributed by atoms with Crippen LogP contribution in [0.1, 0.15) is 52.4 Å². The zero-order valence-electron chi connectivity index (χ0n) is 15.9. The molecule has 0 spiro atoms. The molecule has 1 aliphatic heterocycles. The molecule has 1 saturated heterocycles. The maximum absolute atomic E-state index is 13.1.